The highest BCUT2D eigenvalue weighted by molar-refractivity contribution is 7.19. The fourth-order valence-corrected chi connectivity index (χ4v) is 6.36. The van der Waals surface area contributed by atoms with E-state index in [1.807, 2.05) is 41.8 Å². The van der Waals surface area contributed by atoms with Crippen LogP contribution in [0.5, 0.6) is 5.75 Å². The van der Waals surface area contributed by atoms with Gasteiger partial charge in [-0.05, 0) is 74.4 Å². The molecule has 1 fully saturated rings. The molecule has 5 rings (SSSR count). The molecule has 0 saturated carbocycles. The van der Waals surface area contributed by atoms with Gasteiger partial charge in [0.05, 0.1) is 0 Å². The number of aryl methyl sites for hydroxylation is 1. The minimum atomic E-state index is -0.501. The van der Waals surface area contributed by atoms with E-state index in [2.05, 4.69) is 48.0 Å². The van der Waals surface area contributed by atoms with Gasteiger partial charge in [0.1, 0.15) is 18.5 Å². The van der Waals surface area contributed by atoms with Crippen molar-refractivity contribution in [1.82, 2.24) is 9.88 Å². The highest BCUT2D eigenvalue weighted by Gasteiger charge is 2.29. The van der Waals surface area contributed by atoms with Crippen LogP contribution >= 0.6 is 11.3 Å². The number of H-pyrrole nitrogens is 1. The smallest absolute Gasteiger partial charge is 0.128 e. The van der Waals surface area contributed by atoms with Crippen LogP contribution in [0.2, 0.25) is 0 Å². The number of piperidine rings is 1. The van der Waals surface area contributed by atoms with E-state index in [1.54, 1.807) is 4.88 Å². The third-order valence-electron chi connectivity index (χ3n) is 6.70. The van der Waals surface area contributed by atoms with Crippen molar-refractivity contribution < 1.29 is 9.84 Å². The molecule has 31 heavy (non-hydrogen) atoms. The Hall–Kier alpha value is -2.34. The fraction of sp³-hybridized carbons (Fsp3) is 0.385. The van der Waals surface area contributed by atoms with E-state index in [9.17, 15) is 5.11 Å². The molecule has 2 aromatic heterocycles. The number of fused-ring (bicyclic) bond motifs is 2. The number of benzene rings is 2. The maximum absolute atomic E-state index is 10.7. The Morgan fingerprint density at radius 2 is 2.03 bits per heavy atom. The standard InChI is InChI=1S/C26H30N2O2S/c1-17-14-19(26-18(2)21-6-3-4-9-25(21)31-26)11-13-28(17)15-20(29)16-30-24-8-5-7-23-22(24)10-12-27-23/h3-10,12,17,19-20,27,29H,11,13-16H2,1-2H3/t17-,19-,20+/m1/s1. The lowest BCUT2D eigenvalue weighted by Crippen LogP contribution is -2.45. The number of thiophene rings is 1. The molecule has 2 N–H and O–H groups in total. The van der Waals surface area contributed by atoms with Gasteiger partial charge >= 0.3 is 0 Å². The number of rotatable bonds is 6. The molecule has 1 aliphatic heterocycles. The molecule has 4 nitrogen and oxygen atoms in total. The van der Waals surface area contributed by atoms with Gasteiger partial charge in [0.25, 0.3) is 0 Å². The van der Waals surface area contributed by atoms with Gasteiger partial charge in [-0.15, -0.1) is 11.3 Å². The molecule has 0 aliphatic carbocycles. The zero-order valence-corrected chi connectivity index (χ0v) is 19.0. The molecule has 0 spiro atoms. The Morgan fingerprint density at radius 1 is 1.16 bits per heavy atom. The van der Waals surface area contributed by atoms with Crippen LogP contribution in [0.15, 0.2) is 54.7 Å². The average molecular weight is 435 g/mol. The van der Waals surface area contributed by atoms with Gasteiger partial charge in [-0.1, -0.05) is 24.3 Å². The van der Waals surface area contributed by atoms with Crippen molar-refractivity contribution in [1.29, 1.82) is 0 Å². The molecule has 4 aromatic rings. The summed E-state index contributed by atoms with van der Waals surface area (Å²) in [5, 5.41) is 13.1. The fourth-order valence-electron chi connectivity index (χ4n) is 5.00. The molecule has 162 valence electrons. The van der Waals surface area contributed by atoms with Gasteiger partial charge in [0.15, 0.2) is 0 Å². The average Bonchev–Trinajstić information content (AvgIpc) is 3.39. The molecule has 1 aliphatic rings. The number of aliphatic hydroxyl groups excluding tert-OH is 1. The third kappa shape index (κ3) is 4.10. The molecule has 3 atom stereocenters. The van der Waals surface area contributed by atoms with Crippen LogP contribution in [0.1, 0.15) is 36.1 Å². The van der Waals surface area contributed by atoms with E-state index in [0.29, 0.717) is 25.1 Å². The van der Waals surface area contributed by atoms with Gasteiger partial charge in [-0.2, -0.15) is 0 Å². The lowest BCUT2D eigenvalue weighted by molar-refractivity contribution is 0.0407. The Balaban J connectivity index is 1.19. The first-order valence-corrected chi connectivity index (χ1v) is 12.0. The second-order valence-electron chi connectivity index (χ2n) is 8.81. The zero-order chi connectivity index (χ0) is 21.4. The normalized spacial score (nSPS) is 21.0. The molecule has 0 radical (unpaired) electrons. The van der Waals surface area contributed by atoms with Crippen molar-refractivity contribution in [3.05, 3.63) is 65.2 Å². The van der Waals surface area contributed by atoms with E-state index < -0.39 is 6.10 Å². The number of ether oxygens (including phenoxy) is 1. The van der Waals surface area contributed by atoms with Crippen molar-refractivity contribution in [3.63, 3.8) is 0 Å². The van der Waals surface area contributed by atoms with E-state index in [0.717, 1.165) is 36.0 Å². The van der Waals surface area contributed by atoms with Crippen LogP contribution in [-0.2, 0) is 0 Å². The quantitative estimate of drug-likeness (QED) is 0.409. The molecule has 1 saturated heterocycles. The first-order chi connectivity index (χ1) is 15.1. The number of nitrogens with zero attached hydrogens (tertiary/aromatic N) is 1. The summed E-state index contributed by atoms with van der Waals surface area (Å²) < 4.78 is 7.36. The lowest BCUT2D eigenvalue weighted by atomic mass is 9.88. The summed E-state index contributed by atoms with van der Waals surface area (Å²) in [6, 6.07) is 17.2. The number of aromatic amines is 1. The molecule has 5 heteroatoms. The Morgan fingerprint density at radius 3 is 2.87 bits per heavy atom. The predicted octanol–water partition coefficient (Wildman–Crippen LogP) is 5.70. The zero-order valence-electron chi connectivity index (χ0n) is 18.2. The molecular weight excluding hydrogens is 404 g/mol. The Labute approximate surface area is 187 Å². The number of aliphatic hydroxyl groups is 1. The summed E-state index contributed by atoms with van der Waals surface area (Å²) in [5.74, 6) is 1.44. The monoisotopic (exact) mass is 434 g/mol. The van der Waals surface area contributed by atoms with E-state index >= 15 is 0 Å². The third-order valence-corrected chi connectivity index (χ3v) is 8.13. The topological polar surface area (TPSA) is 48.5 Å². The maximum Gasteiger partial charge on any atom is 0.128 e. The van der Waals surface area contributed by atoms with Crippen LogP contribution in [-0.4, -0.2) is 46.8 Å². The van der Waals surface area contributed by atoms with E-state index in [1.165, 1.54) is 15.6 Å². The summed E-state index contributed by atoms with van der Waals surface area (Å²) in [4.78, 5) is 7.17. The minimum absolute atomic E-state index is 0.312. The minimum Gasteiger partial charge on any atom is -0.490 e. The first kappa shape index (κ1) is 20.6. The van der Waals surface area contributed by atoms with Gasteiger partial charge in [0, 0.05) is 39.3 Å². The summed E-state index contributed by atoms with van der Waals surface area (Å²) in [6.07, 6.45) is 3.70. The Bertz CT molecular complexity index is 1180. The second-order valence-corrected chi connectivity index (χ2v) is 9.90. The number of hydrogen-bond acceptors (Lipinski definition) is 4. The highest BCUT2D eigenvalue weighted by atomic mass is 32.1. The molecule has 3 heterocycles. The molecule has 0 bridgehead atoms. The van der Waals surface area contributed by atoms with E-state index in [-0.39, 0.29) is 0 Å². The molecular formula is C26H30N2O2S. The van der Waals surface area contributed by atoms with Crippen LogP contribution < -0.4 is 4.74 Å². The van der Waals surface area contributed by atoms with Crippen LogP contribution in [0.3, 0.4) is 0 Å². The highest BCUT2D eigenvalue weighted by Crippen LogP contribution is 2.41. The molecule has 0 unspecified atom stereocenters. The van der Waals surface area contributed by atoms with E-state index in [4.69, 9.17) is 4.74 Å². The van der Waals surface area contributed by atoms with Crippen molar-refractivity contribution in [3.8, 4) is 5.75 Å². The summed E-state index contributed by atoms with van der Waals surface area (Å²) in [6.45, 7) is 6.55. The van der Waals surface area contributed by atoms with Gasteiger partial charge in [-0.25, -0.2) is 0 Å². The number of nitrogens with one attached hydrogen (secondary N) is 1. The van der Waals surface area contributed by atoms with Crippen molar-refractivity contribution >= 4 is 32.3 Å². The number of aromatic nitrogens is 1. The maximum atomic E-state index is 10.7. The van der Waals surface area contributed by atoms with Crippen LogP contribution in [0.25, 0.3) is 21.0 Å². The lowest BCUT2D eigenvalue weighted by Gasteiger charge is -2.38. The summed E-state index contributed by atoms with van der Waals surface area (Å²) >= 11 is 1.96. The molecule has 2 aromatic carbocycles. The summed E-state index contributed by atoms with van der Waals surface area (Å²) in [7, 11) is 0. The van der Waals surface area contributed by atoms with Gasteiger partial charge < -0.3 is 14.8 Å². The second kappa shape index (κ2) is 8.65. The number of β-amino-alcohol motifs (C(OH)–C–C–N with tert-alkyl or cyclic N) is 1. The molecule has 0 amide bonds. The SMILES string of the molecule is Cc1c([C@@H]2CCN(C[C@H](O)COc3cccc4[nH]ccc34)[C@H](C)C2)sc2ccccc12. The predicted molar refractivity (Wildman–Crippen MR) is 129 cm³/mol. The van der Waals surface area contributed by atoms with Gasteiger partial charge in [0.2, 0.25) is 0 Å². The van der Waals surface area contributed by atoms with Crippen molar-refractivity contribution in [2.24, 2.45) is 0 Å². The number of hydrogen-bond donors (Lipinski definition) is 2. The first-order valence-electron chi connectivity index (χ1n) is 11.2. The number of likely N-dealkylation sites (tertiary alicyclic amines) is 1. The van der Waals surface area contributed by atoms with Crippen LogP contribution in [0, 0.1) is 6.92 Å². The van der Waals surface area contributed by atoms with Crippen molar-refractivity contribution in [2.75, 3.05) is 19.7 Å². The van der Waals surface area contributed by atoms with Crippen LogP contribution in [0.4, 0.5) is 0 Å². The van der Waals surface area contributed by atoms with Gasteiger partial charge in [-0.3, -0.25) is 4.90 Å². The Kier molecular flexibility index (Phi) is 5.74. The van der Waals surface area contributed by atoms with Crippen molar-refractivity contribution in [2.45, 2.75) is 44.8 Å². The largest absolute Gasteiger partial charge is 0.490 e. The summed E-state index contributed by atoms with van der Waals surface area (Å²) in [5.41, 5.74) is 2.51.